The number of thiol groups is 1. The molecular weight excluding hydrogens is 373 g/mol. The Balaban J connectivity index is 1.85. The maximum Gasteiger partial charge on any atom is 0.259 e. The number of halogens is 2. The van der Waals surface area contributed by atoms with Gasteiger partial charge in [0.1, 0.15) is 17.2 Å². The molecule has 7 heteroatoms. The molecule has 23 heavy (non-hydrogen) atoms. The predicted octanol–water partition coefficient (Wildman–Crippen LogP) is 5.17. The Hall–Kier alpha value is -1.40. The Labute approximate surface area is 152 Å². The largest absolute Gasteiger partial charge is 0.489 e. The van der Waals surface area contributed by atoms with Gasteiger partial charge in [0, 0.05) is 30.6 Å². The molecule has 1 aromatic heterocycles. The number of ether oxygens (including phenoxy) is 1. The maximum atomic E-state index is 11.4. The van der Waals surface area contributed by atoms with Crippen LogP contribution in [0.1, 0.15) is 15.2 Å². The summed E-state index contributed by atoms with van der Waals surface area (Å²) in [5.41, 5.74) is 6.19. The van der Waals surface area contributed by atoms with Crippen molar-refractivity contribution >= 4 is 63.2 Å². The molecule has 0 saturated carbocycles. The SMILES string of the molecule is NC(=O)c1sc2cc(OCc3ccc(Cl)cc3Cl)ccc2c1S. The smallest absolute Gasteiger partial charge is 0.259 e. The van der Waals surface area contributed by atoms with E-state index < -0.39 is 5.91 Å². The van der Waals surface area contributed by atoms with Crippen LogP contribution in [0.3, 0.4) is 0 Å². The molecule has 118 valence electrons. The minimum Gasteiger partial charge on any atom is -0.489 e. The third-order valence-electron chi connectivity index (χ3n) is 3.27. The molecule has 0 unspecified atom stereocenters. The normalized spacial score (nSPS) is 10.9. The second kappa shape index (κ2) is 6.61. The van der Waals surface area contributed by atoms with Crippen molar-refractivity contribution < 1.29 is 9.53 Å². The quantitative estimate of drug-likeness (QED) is 0.610. The average Bonchev–Trinajstić information content (AvgIpc) is 2.83. The van der Waals surface area contributed by atoms with Gasteiger partial charge in [0.25, 0.3) is 5.91 Å². The fraction of sp³-hybridized carbons (Fsp3) is 0.0625. The van der Waals surface area contributed by atoms with Gasteiger partial charge in [0.05, 0.1) is 0 Å². The summed E-state index contributed by atoms with van der Waals surface area (Å²) in [6.45, 7) is 0.323. The van der Waals surface area contributed by atoms with E-state index in [1.807, 2.05) is 24.3 Å². The number of amides is 1. The van der Waals surface area contributed by atoms with Crippen LogP contribution in [0.15, 0.2) is 41.3 Å². The van der Waals surface area contributed by atoms with Crippen molar-refractivity contribution in [2.75, 3.05) is 0 Å². The molecule has 2 aromatic carbocycles. The molecule has 0 radical (unpaired) electrons. The molecule has 2 N–H and O–H groups in total. The first-order valence-electron chi connectivity index (χ1n) is 6.58. The van der Waals surface area contributed by atoms with E-state index in [1.165, 1.54) is 11.3 Å². The third kappa shape index (κ3) is 3.43. The van der Waals surface area contributed by atoms with Crippen molar-refractivity contribution in [2.24, 2.45) is 5.73 Å². The first kappa shape index (κ1) is 16.5. The van der Waals surface area contributed by atoms with E-state index in [0.29, 0.717) is 32.2 Å². The van der Waals surface area contributed by atoms with Crippen molar-refractivity contribution in [3.8, 4) is 5.75 Å². The Morgan fingerprint density at radius 1 is 1.22 bits per heavy atom. The minimum atomic E-state index is -0.480. The summed E-state index contributed by atoms with van der Waals surface area (Å²) in [4.78, 5) is 12.4. The van der Waals surface area contributed by atoms with Gasteiger partial charge < -0.3 is 10.5 Å². The number of thiophene rings is 1. The second-order valence-corrected chi connectivity index (χ2v) is 7.17. The molecule has 1 amide bonds. The van der Waals surface area contributed by atoms with Crippen LogP contribution in [0, 0.1) is 0 Å². The Morgan fingerprint density at radius 3 is 2.70 bits per heavy atom. The standard InChI is InChI=1S/C16H11Cl2NO2S2/c17-9-2-1-8(12(18)5-9)7-21-10-3-4-11-13(6-10)23-15(14(11)22)16(19)20/h1-6,22H,7H2,(H2,19,20). The predicted molar refractivity (Wildman–Crippen MR) is 98.4 cm³/mol. The van der Waals surface area contributed by atoms with Crippen LogP contribution in [-0.2, 0) is 6.61 Å². The lowest BCUT2D eigenvalue weighted by atomic mass is 10.2. The number of hydrogen-bond acceptors (Lipinski definition) is 4. The lowest BCUT2D eigenvalue weighted by Crippen LogP contribution is -2.09. The van der Waals surface area contributed by atoms with Gasteiger partial charge in [0.15, 0.2) is 0 Å². The number of carbonyl (C=O) groups excluding carboxylic acids is 1. The number of benzene rings is 2. The first-order chi connectivity index (χ1) is 11.0. The lowest BCUT2D eigenvalue weighted by Gasteiger charge is -2.08. The van der Waals surface area contributed by atoms with Crippen LogP contribution in [0.5, 0.6) is 5.75 Å². The highest BCUT2D eigenvalue weighted by Crippen LogP contribution is 2.36. The van der Waals surface area contributed by atoms with Crippen molar-refractivity contribution in [3.05, 3.63) is 56.9 Å². The lowest BCUT2D eigenvalue weighted by molar-refractivity contribution is 0.100. The number of primary amides is 1. The van der Waals surface area contributed by atoms with E-state index in [4.69, 9.17) is 33.7 Å². The number of nitrogens with two attached hydrogens (primary N) is 1. The van der Waals surface area contributed by atoms with Gasteiger partial charge in [0.2, 0.25) is 0 Å². The molecule has 0 atom stereocenters. The van der Waals surface area contributed by atoms with E-state index >= 15 is 0 Å². The molecule has 0 bridgehead atoms. The van der Waals surface area contributed by atoms with Crippen molar-refractivity contribution in [1.29, 1.82) is 0 Å². The van der Waals surface area contributed by atoms with E-state index in [0.717, 1.165) is 15.6 Å². The zero-order valence-corrected chi connectivity index (χ0v) is 14.9. The van der Waals surface area contributed by atoms with Gasteiger partial charge in [-0.15, -0.1) is 24.0 Å². The van der Waals surface area contributed by atoms with Gasteiger partial charge in [-0.3, -0.25) is 4.79 Å². The van der Waals surface area contributed by atoms with Gasteiger partial charge in [-0.1, -0.05) is 29.3 Å². The number of carbonyl (C=O) groups is 1. The van der Waals surface area contributed by atoms with Gasteiger partial charge in [-0.05, 0) is 30.3 Å². The maximum absolute atomic E-state index is 11.4. The third-order valence-corrected chi connectivity index (χ3v) is 5.64. The summed E-state index contributed by atoms with van der Waals surface area (Å²) >= 11 is 17.7. The summed E-state index contributed by atoms with van der Waals surface area (Å²) < 4.78 is 6.66. The highest BCUT2D eigenvalue weighted by molar-refractivity contribution is 7.81. The molecule has 0 saturated heterocycles. The molecule has 0 aliphatic rings. The van der Waals surface area contributed by atoms with E-state index in [9.17, 15) is 4.79 Å². The monoisotopic (exact) mass is 383 g/mol. The zero-order valence-electron chi connectivity index (χ0n) is 11.7. The molecule has 1 heterocycles. The van der Waals surface area contributed by atoms with Gasteiger partial charge in [-0.2, -0.15) is 0 Å². The van der Waals surface area contributed by atoms with Crippen molar-refractivity contribution in [3.63, 3.8) is 0 Å². The van der Waals surface area contributed by atoms with Crippen LogP contribution >= 0.6 is 47.2 Å². The second-order valence-electron chi connectivity index (χ2n) is 4.83. The van der Waals surface area contributed by atoms with Gasteiger partial charge >= 0.3 is 0 Å². The Kier molecular flexibility index (Phi) is 4.73. The van der Waals surface area contributed by atoms with Crippen LogP contribution in [0.2, 0.25) is 10.0 Å². The molecule has 3 aromatic rings. The Morgan fingerprint density at radius 2 is 2.00 bits per heavy atom. The number of hydrogen-bond donors (Lipinski definition) is 2. The molecule has 0 fully saturated rings. The number of fused-ring (bicyclic) bond motifs is 1. The van der Waals surface area contributed by atoms with Crippen molar-refractivity contribution in [1.82, 2.24) is 0 Å². The van der Waals surface area contributed by atoms with Crippen LogP contribution in [-0.4, -0.2) is 5.91 Å². The fourth-order valence-electron chi connectivity index (χ4n) is 2.12. The molecule has 0 aliphatic heterocycles. The van der Waals surface area contributed by atoms with Crippen LogP contribution in [0.4, 0.5) is 0 Å². The highest BCUT2D eigenvalue weighted by Gasteiger charge is 2.14. The number of rotatable bonds is 4. The highest BCUT2D eigenvalue weighted by atomic mass is 35.5. The fourth-order valence-corrected chi connectivity index (χ4v) is 4.08. The van der Waals surface area contributed by atoms with Crippen LogP contribution < -0.4 is 10.5 Å². The molecule has 3 rings (SSSR count). The van der Waals surface area contributed by atoms with E-state index in [1.54, 1.807) is 12.1 Å². The molecule has 3 nitrogen and oxygen atoms in total. The summed E-state index contributed by atoms with van der Waals surface area (Å²) in [5, 5.41) is 2.02. The van der Waals surface area contributed by atoms with Crippen molar-refractivity contribution in [2.45, 2.75) is 11.5 Å². The topological polar surface area (TPSA) is 52.3 Å². The minimum absolute atomic E-state index is 0.323. The molecule has 0 aliphatic carbocycles. The first-order valence-corrected chi connectivity index (χ1v) is 8.59. The Bertz CT molecular complexity index is 908. The summed E-state index contributed by atoms with van der Waals surface area (Å²) in [5.74, 6) is 0.195. The summed E-state index contributed by atoms with van der Waals surface area (Å²) in [6, 6.07) is 10.8. The molecule has 0 spiro atoms. The summed E-state index contributed by atoms with van der Waals surface area (Å²) in [7, 11) is 0. The van der Waals surface area contributed by atoms with Crippen LogP contribution in [0.25, 0.3) is 10.1 Å². The van der Waals surface area contributed by atoms with Gasteiger partial charge in [-0.25, -0.2) is 0 Å². The molecular formula is C16H11Cl2NO2S2. The van der Waals surface area contributed by atoms with E-state index in [2.05, 4.69) is 12.6 Å². The summed E-state index contributed by atoms with van der Waals surface area (Å²) in [6.07, 6.45) is 0. The average molecular weight is 384 g/mol. The van der Waals surface area contributed by atoms with E-state index in [-0.39, 0.29) is 0 Å². The zero-order chi connectivity index (χ0) is 16.6.